The van der Waals surface area contributed by atoms with E-state index >= 15 is 0 Å². The number of hydrogen-bond acceptors (Lipinski definition) is 6. The van der Waals surface area contributed by atoms with E-state index in [2.05, 4.69) is 95.6 Å². The summed E-state index contributed by atoms with van der Waals surface area (Å²) in [6.07, 6.45) is 1.00. The maximum atomic E-state index is 10.6. The molecule has 176 valence electrons. The zero-order valence-corrected chi connectivity index (χ0v) is 23.5. The van der Waals surface area contributed by atoms with E-state index in [1.807, 2.05) is 0 Å². The summed E-state index contributed by atoms with van der Waals surface area (Å²) in [5.74, 6) is 10.7. The van der Waals surface area contributed by atoms with E-state index in [0.717, 1.165) is 6.26 Å². The van der Waals surface area contributed by atoms with Gasteiger partial charge in [0.25, 0.3) is 10.1 Å². The molecule has 0 saturated heterocycles. The van der Waals surface area contributed by atoms with Crippen molar-refractivity contribution in [3.63, 3.8) is 0 Å². The Kier molecular flexibility index (Phi) is 13.7. The molecule has 0 radical (unpaired) electrons. The van der Waals surface area contributed by atoms with Crippen LogP contribution in [-0.2, 0) is 23.2 Å². The van der Waals surface area contributed by atoms with E-state index in [0.29, 0.717) is 13.2 Å². The molecule has 0 aliphatic rings. The van der Waals surface area contributed by atoms with Gasteiger partial charge in [-0.25, -0.2) is 0 Å². The second-order valence-electron chi connectivity index (χ2n) is 9.93. The molecule has 0 spiro atoms. The molecular weight excluding hydrogens is 436 g/mol. The monoisotopic (exact) mass is 478 g/mol. The molecule has 0 aromatic heterocycles. The summed E-state index contributed by atoms with van der Waals surface area (Å²) in [6.45, 7) is 22.3. The van der Waals surface area contributed by atoms with Crippen molar-refractivity contribution in [2.24, 2.45) is 0 Å². The third kappa shape index (κ3) is 15.2. The van der Waals surface area contributed by atoms with Crippen LogP contribution in [0.2, 0.25) is 36.3 Å². The van der Waals surface area contributed by atoms with E-state index in [9.17, 15) is 8.42 Å². The van der Waals surface area contributed by atoms with E-state index in [4.69, 9.17) is 14.0 Å². The molecule has 0 saturated carbocycles. The van der Waals surface area contributed by atoms with Crippen LogP contribution in [0.1, 0.15) is 41.5 Å². The second kappa shape index (κ2) is 13.0. The van der Waals surface area contributed by atoms with Gasteiger partial charge in [-0.05, 0) is 36.3 Å². The first-order valence-electron chi connectivity index (χ1n) is 9.91. The van der Waals surface area contributed by atoms with Crippen LogP contribution in [-0.4, -0.2) is 62.8 Å². The molecule has 0 aliphatic heterocycles. The van der Waals surface area contributed by atoms with Gasteiger partial charge in [0.1, 0.15) is 13.2 Å². The normalized spacial score (nSPS) is 12.7. The molecule has 30 heavy (non-hydrogen) atoms. The molecule has 0 aliphatic carbocycles. The first-order chi connectivity index (χ1) is 13.3. The minimum atomic E-state index is -3.40. The lowest BCUT2D eigenvalue weighted by Crippen LogP contribution is -2.40. The molecule has 9 heteroatoms. The van der Waals surface area contributed by atoms with Crippen molar-refractivity contribution in [2.45, 2.75) is 77.8 Å². The van der Waals surface area contributed by atoms with Gasteiger partial charge in [0.15, 0.2) is 16.6 Å². The lowest BCUT2D eigenvalue weighted by atomic mass is 10.2. The van der Waals surface area contributed by atoms with Crippen molar-refractivity contribution in [3.05, 3.63) is 0 Å². The van der Waals surface area contributed by atoms with Crippen molar-refractivity contribution in [1.29, 1.82) is 0 Å². The summed E-state index contributed by atoms with van der Waals surface area (Å²) in [5, 5.41) is 8.82. The van der Waals surface area contributed by atoms with E-state index in [1.165, 1.54) is 0 Å². The Balaban J connectivity index is 0. The molecule has 6 nitrogen and oxygen atoms in total. The Morgan fingerprint density at radius 3 is 1.37 bits per heavy atom. The average Bonchev–Trinajstić information content (AvgIpc) is 2.52. The summed E-state index contributed by atoms with van der Waals surface area (Å²) in [7, 11) is -6.80. The standard InChI is InChI=1S/C11H22O4SSi.C10H20O2Si/c1-11(2,3)17(5,6)15-10-8-7-9-14-16(4,12)13;1-10(2,3)13(4,5)12-9-7-6-8-11/h9-10H2,1-6H3;11H,8-9H2,1-5H3. The Hall–Kier alpha value is -0.656. The van der Waals surface area contributed by atoms with Gasteiger partial charge in [0.05, 0.1) is 19.5 Å². The van der Waals surface area contributed by atoms with Crippen molar-refractivity contribution in [1.82, 2.24) is 0 Å². The van der Waals surface area contributed by atoms with Crippen LogP contribution in [0.4, 0.5) is 0 Å². The second-order valence-corrected chi connectivity index (χ2v) is 21.2. The smallest absolute Gasteiger partial charge is 0.265 e. The van der Waals surface area contributed by atoms with Crippen LogP contribution in [0.25, 0.3) is 0 Å². The van der Waals surface area contributed by atoms with Crippen molar-refractivity contribution >= 4 is 26.8 Å². The fraction of sp³-hybridized carbons (Fsp3) is 0.810. The fourth-order valence-corrected chi connectivity index (χ4v) is 3.22. The third-order valence-corrected chi connectivity index (χ3v) is 14.8. The summed E-state index contributed by atoms with van der Waals surface area (Å²) >= 11 is 0. The molecule has 1 N–H and O–H groups in total. The molecule has 0 atom stereocenters. The number of aliphatic hydroxyl groups excluding tert-OH is 1. The average molecular weight is 479 g/mol. The highest BCUT2D eigenvalue weighted by Crippen LogP contribution is 2.37. The minimum Gasteiger partial charge on any atom is -0.406 e. The number of aliphatic hydroxyl groups is 1. The van der Waals surface area contributed by atoms with Crippen LogP contribution in [0, 0.1) is 23.7 Å². The zero-order valence-electron chi connectivity index (χ0n) is 20.7. The largest absolute Gasteiger partial charge is 0.406 e. The predicted molar refractivity (Wildman–Crippen MR) is 130 cm³/mol. The summed E-state index contributed by atoms with van der Waals surface area (Å²) < 4.78 is 37.3. The highest BCUT2D eigenvalue weighted by molar-refractivity contribution is 7.86. The maximum Gasteiger partial charge on any atom is 0.265 e. The SMILES string of the molecule is CC(C)(C)[Si](C)(C)OCC#CCO.CC(C)(C)[Si](C)(C)OCC#CCOS(C)(=O)=O. The van der Waals surface area contributed by atoms with Gasteiger partial charge in [0, 0.05) is 0 Å². The minimum absolute atomic E-state index is 0.0825. The van der Waals surface area contributed by atoms with Crippen molar-refractivity contribution in [2.75, 3.05) is 32.7 Å². The van der Waals surface area contributed by atoms with Crippen LogP contribution in [0.3, 0.4) is 0 Å². The van der Waals surface area contributed by atoms with Gasteiger partial charge in [-0.2, -0.15) is 8.42 Å². The predicted octanol–water partition coefficient (Wildman–Crippen LogP) is 3.99. The van der Waals surface area contributed by atoms with E-state index in [-0.39, 0.29) is 23.3 Å². The first kappa shape index (κ1) is 31.5. The maximum absolute atomic E-state index is 10.6. The van der Waals surface area contributed by atoms with Gasteiger partial charge in [0.2, 0.25) is 0 Å². The summed E-state index contributed by atoms with van der Waals surface area (Å²) in [4.78, 5) is 0. The van der Waals surface area contributed by atoms with Crippen LogP contribution < -0.4 is 0 Å². The fourth-order valence-electron chi connectivity index (χ4n) is 1.21. The van der Waals surface area contributed by atoms with Gasteiger partial charge in [-0.3, -0.25) is 4.18 Å². The van der Waals surface area contributed by atoms with Crippen molar-refractivity contribution < 1.29 is 26.6 Å². The highest BCUT2D eigenvalue weighted by Gasteiger charge is 2.37. The molecule has 0 aromatic rings. The number of hydrogen-bond donors (Lipinski definition) is 1. The molecule has 0 heterocycles. The van der Waals surface area contributed by atoms with E-state index < -0.39 is 26.8 Å². The molecule has 0 fully saturated rings. The zero-order chi connectivity index (χ0) is 24.3. The third-order valence-electron chi connectivity index (χ3n) is 5.30. The summed E-state index contributed by atoms with van der Waals surface area (Å²) in [5.41, 5.74) is 0. The Labute approximate surface area is 187 Å². The Bertz CT molecular complexity index is 724. The van der Waals surface area contributed by atoms with Gasteiger partial charge in [-0.15, -0.1) is 0 Å². The topological polar surface area (TPSA) is 82.1 Å². The van der Waals surface area contributed by atoms with Crippen LogP contribution in [0.5, 0.6) is 0 Å². The highest BCUT2D eigenvalue weighted by atomic mass is 32.2. The van der Waals surface area contributed by atoms with Gasteiger partial charge < -0.3 is 14.0 Å². The molecular formula is C21H42O6SSi2. The van der Waals surface area contributed by atoms with Crippen LogP contribution in [0.15, 0.2) is 0 Å². The molecule has 0 bridgehead atoms. The Morgan fingerprint density at radius 1 is 0.733 bits per heavy atom. The first-order valence-corrected chi connectivity index (χ1v) is 17.5. The lowest BCUT2D eigenvalue weighted by molar-refractivity contribution is 0.331. The van der Waals surface area contributed by atoms with Gasteiger partial charge >= 0.3 is 0 Å². The van der Waals surface area contributed by atoms with Crippen LogP contribution >= 0.6 is 0 Å². The summed E-state index contributed by atoms with van der Waals surface area (Å²) in [6, 6.07) is 0. The van der Waals surface area contributed by atoms with Gasteiger partial charge in [-0.1, -0.05) is 65.2 Å². The molecule has 0 rings (SSSR count). The van der Waals surface area contributed by atoms with Crippen molar-refractivity contribution in [3.8, 4) is 23.7 Å². The Morgan fingerprint density at radius 2 is 1.07 bits per heavy atom. The molecule has 0 aromatic carbocycles. The number of rotatable bonds is 6. The molecule has 0 unspecified atom stereocenters. The molecule has 0 amide bonds. The quantitative estimate of drug-likeness (QED) is 0.353. The van der Waals surface area contributed by atoms with E-state index in [1.54, 1.807) is 0 Å². The lowest BCUT2D eigenvalue weighted by Gasteiger charge is -2.35.